The third-order valence-corrected chi connectivity index (χ3v) is 7.27. The molecule has 9 nitrogen and oxygen atoms in total. The highest BCUT2D eigenvalue weighted by atomic mass is 19.1. The molecule has 1 N–H and O–H groups in total. The molecule has 0 saturated carbocycles. The van der Waals surface area contributed by atoms with Crippen LogP contribution in [0.5, 0.6) is 0 Å². The summed E-state index contributed by atoms with van der Waals surface area (Å²) in [7, 11) is 0. The molecule has 162 valence electrons. The molecule has 10 heteroatoms. The molecule has 2 aromatic carbocycles. The number of non-ortho nitro benzene ring substituents is 1. The van der Waals surface area contributed by atoms with Crippen molar-refractivity contribution in [2.75, 3.05) is 16.8 Å². The average Bonchev–Trinajstić information content (AvgIpc) is 3.47. The van der Waals surface area contributed by atoms with Crippen molar-refractivity contribution in [3.63, 3.8) is 0 Å². The first-order chi connectivity index (χ1) is 15.4. The van der Waals surface area contributed by atoms with E-state index < -0.39 is 45.8 Å². The van der Waals surface area contributed by atoms with Crippen molar-refractivity contribution in [1.29, 1.82) is 0 Å². The molecular weight excluding hydrogens is 419 g/mol. The van der Waals surface area contributed by atoms with E-state index >= 15 is 0 Å². The average molecular weight is 436 g/mol. The highest BCUT2D eigenvalue weighted by Crippen LogP contribution is 2.60. The third-order valence-electron chi connectivity index (χ3n) is 7.27. The van der Waals surface area contributed by atoms with Gasteiger partial charge in [-0.1, -0.05) is 0 Å². The summed E-state index contributed by atoms with van der Waals surface area (Å²) in [5, 5.41) is 13.8. The summed E-state index contributed by atoms with van der Waals surface area (Å²) in [4.78, 5) is 54.0. The summed E-state index contributed by atoms with van der Waals surface area (Å²) >= 11 is 0. The molecule has 32 heavy (non-hydrogen) atoms. The van der Waals surface area contributed by atoms with E-state index in [9.17, 15) is 28.9 Å². The maximum absolute atomic E-state index is 14.3. The van der Waals surface area contributed by atoms with Crippen LogP contribution in [-0.4, -0.2) is 40.1 Å². The molecule has 0 aliphatic carbocycles. The van der Waals surface area contributed by atoms with Gasteiger partial charge < -0.3 is 5.32 Å². The number of nitrogens with zero attached hydrogens (tertiary/aromatic N) is 3. The molecule has 4 aliphatic heterocycles. The molecule has 1 spiro atoms. The fourth-order valence-electron chi connectivity index (χ4n) is 6.15. The van der Waals surface area contributed by atoms with Gasteiger partial charge in [-0.2, -0.15) is 0 Å². The number of carbonyl (C=O) groups excluding carboxylic acids is 3. The Labute approximate surface area is 180 Å². The van der Waals surface area contributed by atoms with Gasteiger partial charge >= 0.3 is 0 Å². The van der Waals surface area contributed by atoms with Gasteiger partial charge in [0.05, 0.1) is 22.4 Å². The molecule has 0 unspecified atom stereocenters. The molecule has 4 heterocycles. The standard InChI is InChI=1S/C22H17FN4O5/c23-11-3-8-15-14(10-11)22(21(30)24-15)18-17(16-2-1-9-25(16)22)19(28)26(20(18)29)12-4-6-13(7-5-12)27(31)32/h3-8,10,16-18H,1-2,9H2,(H,24,30)/t16-,17+,18-,22+/m0/s1. The number of amides is 3. The van der Waals surface area contributed by atoms with Crippen molar-refractivity contribution in [3.8, 4) is 0 Å². The number of hydrogen-bond donors (Lipinski definition) is 1. The smallest absolute Gasteiger partial charge is 0.269 e. The normalized spacial score (nSPS) is 30.6. The summed E-state index contributed by atoms with van der Waals surface area (Å²) in [6.45, 7) is 0.527. The van der Waals surface area contributed by atoms with Crippen LogP contribution in [0.4, 0.5) is 21.5 Å². The fraction of sp³-hybridized carbons (Fsp3) is 0.318. The highest BCUT2D eigenvalue weighted by molar-refractivity contribution is 6.25. The lowest BCUT2D eigenvalue weighted by molar-refractivity contribution is -0.384. The number of benzene rings is 2. The van der Waals surface area contributed by atoms with Crippen LogP contribution >= 0.6 is 0 Å². The van der Waals surface area contributed by atoms with Crippen LogP contribution in [0.1, 0.15) is 18.4 Å². The minimum atomic E-state index is -1.45. The quantitative estimate of drug-likeness (QED) is 0.439. The number of anilines is 2. The van der Waals surface area contributed by atoms with E-state index in [2.05, 4.69) is 5.32 Å². The predicted molar refractivity (Wildman–Crippen MR) is 109 cm³/mol. The number of carbonyl (C=O) groups is 3. The zero-order chi connectivity index (χ0) is 22.4. The molecule has 0 radical (unpaired) electrons. The molecule has 4 atom stereocenters. The lowest BCUT2D eigenvalue weighted by Gasteiger charge is -2.36. The van der Waals surface area contributed by atoms with Gasteiger partial charge in [0.1, 0.15) is 11.4 Å². The summed E-state index contributed by atoms with van der Waals surface area (Å²) in [6.07, 6.45) is 1.40. The zero-order valence-corrected chi connectivity index (χ0v) is 16.7. The summed E-state index contributed by atoms with van der Waals surface area (Å²) in [5.74, 6) is -3.68. The Balaban J connectivity index is 1.51. The second kappa shape index (κ2) is 6.19. The van der Waals surface area contributed by atoms with Gasteiger partial charge in [0.25, 0.3) is 5.69 Å². The SMILES string of the molecule is O=C1[C@H]2[C@@H](C(=O)N1c1ccc([N+](=O)[O-])cc1)[C@]1(C(=O)Nc3ccc(F)cc31)N1CCC[C@@H]21. The topological polar surface area (TPSA) is 113 Å². The first-order valence-corrected chi connectivity index (χ1v) is 10.4. The van der Waals surface area contributed by atoms with Crippen LogP contribution in [0, 0.1) is 27.8 Å². The minimum Gasteiger partial charge on any atom is -0.324 e. The van der Waals surface area contributed by atoms with Crippen molar-refractivity contribution in [1.82, 2.24) is 4.90 Å². The summed E-state index contributed by atoms with van der Waals surface area (Å²) < 4.78 is 14.3. The number of nitro groups is 1. The summed E-state index contributed by atoms with van der Waals surface area (Å²) in [5.41, 5.74) is -0.570. The first kappa shape index (κ1) is 19.1. The van der Waals surface area contributed by atoms with Gasteiger partial charge in [-0.05, 0) is 49.7 Å². The van der Waals surface area contributed by atoms with Crippen molar-refractivity contribution >= 4 is 34.8 Å². The van der Waals surface area contributed by atoms with Crippen LogP contribution in [-0.2, 0) is 19.9 Å². The number of fused-ring (bicyclic) bond motifs is 7. The molecule has 3 fully saturated rings. The van der Waals surface area contributed by atoms with Crippen LogP contribution < -0.4 is 10.2 Å². The van der Waals surface area contributed by atoms with Gasteiger partial charge in [-0.3, -0.25) is 29.4 Å². The van der Waals surface area contributed by atoms with E-state index in [0.29, 0.717) is 24.2 Å². The fourth-order valence-corrected chi connectivity index (χ4v) is 6.15. The van der Waals surface area contributed by atoms with Crippen LogP contribution in [0.3, 0.4) is 0 Å². The Morgan fingerprint density at radius 3 is 2.56 bits per heavy atom. The maximum atomic E-state index is 14.3. The molecule has 3 saturated heterocycles. The van der Waals surface area contributed by atoms with Crippen molar-refractivity contribution in [2.24, 2.45) is 11.8 Å². The van der Waals surface area contributed by atoms with Crippen LogP contribution in [0.15, 0.2) is 42.5 Å². The second-order valence-corrected chi connectivity index (χ2v) is 8.60. The lowest BCUT2D eigenvalue weighted by atomic mass is 9.75. The maximum Gasteiger partial charge on any atom is 0.269 e. The van der Waals surface area contributed by atoms with E-state index in [4.69, 9.17) is 0 Å². The Morgan fingerprint density at radius 2 is 1.84 bits per heavy atom. The molecule has 0 aromatic heterocycles. The first-order valence-electron chi connectivity index (χ1n) is 10.4. The number of nitrogens with one attached hydrogen (secondary N) is 1. The molecule has 3 amide bonds. The number of halogens is 1. The van der Waals surface area contributed by atoms with E-state index in [1.54, 1.807) is 0 Å². The van der Waals surface area contributed by atoms with Gasteiger partial charge in [-0.25, -0.2) is 9.29 Å². The molecule has 6 rings (SSSR count). The number of imide groups is 1. The monoisotopic (exact) mass is 436 g/mol. The van der Waals surface area contributed by atoms with Crippen LogP contribution in [0.25, 0.3) is 0 Å². The highest BCUT2D eigenvalue weighted by Gasteiger charge is 2.74. The zero-order valence-electron chi connectivity index (χ0n) is 16.7. The van der Waals surface area contributed by atoms with E-state index in [0.717, 1.165) is 11.3 Å². The largest absolute Gasteiger partial charge is 0.324 e. The van der Waals surface area contributed by atoms with Crippen LogP contribution in [0.2, 0.25) is 0 Å². The Bertz CT molecular complexity index is 1230. The predicted octanol–water partition coefficient (Wildman–Crippen LogP) is 2.17. The number of nitro benzene ring substituents is 1. The van der Waals surface area contributed by atoms with Gasteiger partial charge in [-0.15, -0.1) is 0 Å². The molecule has 2 aromatic rings. The number of hydrogen-bond acceptors (Lipinski definition) is 6. The van der Waals surface area contributed by atoms with E-state index in [1.807, 2.05) is 4.90 Å². The lowest BCUT2D eigenvalue weighted by Crippen LogP contribution is -2.54. The molecule has 4 aliphatic rings. The molecule has 0 bridgehead atoms. The summed E-state index contributed by atoms with van der Waals surface area (Å²) in [6, 6.07) is 8.86. The Hall–Kier alpha value is -3.66. The van der Waals surface area contributed by atoms with Crippen molar-refractivity contribution in [3.05, 3.63) is 64.0 Å². The minimum absolute atomic E-state index is 0.161. The van der Waals surface area contributed by atoms with E-state index in [1.165, 1.54) is 42.5 Å². The third kappa shape index (κ3) is 2.12. The second-order valence-electron chi connectivity index (χ2n) is 8.60. The van der Waals surface area contributed by atoms with E-state index in [-0.39, 0.29) is 17.4 Å². The molecular formula is C22H17FN4O5. The van der Waals surface area contributed by atoms with Crippen molar-refractivity contribution < 1.29 is 23.7 Å². The Morgan fingerprint density at radius 1 is 1.09 bits per heavy atom. The van der Waals surface area contributed by atoms with Gasteiger partial charge in [0, 0.05) is 29.4 Å². The van der Waals surface area contributed by atoms with Gasteiger partial charge in [0.15, 0.2) is 0 Å². The number of rotatable bonds is 2. The Kier molecular flexibility index (Phi) is 3.69. The van der Waals surface area contributed by atoms with Gasteiger partial charge in [0.2, 0.25) is 17.7 Å². The van der Waals surface area contributed by atoms with Crippen molar-refractivity contribution in [2.45, 2.75) is 24.4 Å².